The Labute approximate surface area is 193 Å². The Morgan fingerprint density at radius 1 is 1.09 bits per heavy atom. The average Bonchev–Trinajstić information content (AvgIpc) is 3.47. The molecule has 3 heterocycles. The van der Waals surface area contributed by atoms with Gasteiger partial charge in [-0.15, -0.1) is 0 Å². The summed E-state index contributed by atoms with van der Waals surface area (Å²) in [5.41, 5.74) is 3.09. The molecule has 9 heteroatoms. The fourth-order valence-corrected chi connectivity index (χ4v) is 4.57. The van der Waals surface area contributed by atoms with Gasteiger partial charge in [-0.3, -0.25) is 14.3 Å². The average molecular weight is 454 g/mol. The molecule has 2 aliphatic rings. The van der Waals surface area contributed by atoms with Gasteiger partial charge in [0.25, 0.3) is 5.91 Å². The zero-order valence-electron chi connectivity index (χ0n) is 19.2. The smallest absolute Gasteiger partial charge is 0.318 e. The predicted molar refractivity (Wildman–Crippen MR) is 121 cm³/mol. The van der Waals surface area contributed by atoms with Crippen LogP contribution in [0.3, 0.4) is 0 Å². The number of nitrogens with one attached hydrogen (secondary N) is 1. The second kappa shape index (κ2) is 10.1. The highest BCUT2D eigenvalue weighted by Gasteiger charge is 2.32. The first-order chi connectivity index (χ1) is 16.0. The largest absolute Gasteiger partial charge is 0.466 e. The number of hydrogen-bond donors (Lipinski definition) is 1. The van der Waals surface area contributed by atoms with Gasteiger partial charge < -0.3 is 19.9 Å². The van der Waals surface area contributed by atoms with Crippen LogP contribution < -0.4 is 5.32 Å². The topological polar surface area (TPSA) is 96.8 Å². The van der Waals surface area contributed by atoms with Crippen molar-refractivity contribution in [3.63, 3.8) is 0 Å². The summed E-state index contributed by atoms with van der Waals surface area (Å²) >= 11 is 0. The number of carbonyl (C=O) groups is 3. The van der Waals surface area contributed by atoms with Crippen molar-refractivity contribution >= 4 is 17.9 Å². The van der Waals surface area contributed by atoms with Gasteiger partial charge >= 0.3 is 12.0 Å². The molecule has 33 heavy (non-hydrogen) atoms. The molecular weight excluding hydrogens is 422 g/mol. The molecule has 1 atom stereocenters. The highest BCUT2D eigenvalue weighted by atomic mass is 16.5. The van der Waals surface area contributed by atoms with E-state index in [4.69, 9.17) is 4.74 Å². The number of ether oxygens (including phenoxy) is 1. The van der Waals surface area contributed by atoms with Gasteiger partial charge in [0.05, 0.1) is 25.6 Å². The molecule has 176 valence electrons. The molecule has 0 radical (unpaired) electrons. The van der Waals surface area contributed by atoms with Gasteiger partial charge in [0.2, 0.25) is 0 Å². The first kappa shape index (κ1) is 22.8. The zero-order valence-corrected chi connectivity index (χ0v) is 19.2. The van der Waals surface area contributed by atoms with E-state index in [0.717, 1.165) is 42.8 Å². The molecule has 1 aromatic heterocycles. The van der Waals surface area contributed by atoms with E-state index in [1.807, 2.05) is 42.3 Å². The van der Waals surface area contributed by atoms with E-state index in [-0.39, 0.29) is 30.9 Å². The van der Waals surface area contributed by atoms with Crippen molar-refractivity contribution in [1.82, 2.24) is 24.9 Å². The number of aryl methyl sites for hydroxylation is 1. The molecular formula is C24H31N5O4. The first-order valence-electron chi connectivity index (χ1n) is 11.6. The van der Waals surface area contributed by atoms with Crippen molar-refractivity contribution in [2.75, 3.05) is 26.2 Å². The van der Waals surface area contributed by atoms with Crippen LogP contribution in [0.15, 0.2) is 30.3 Å². The van der Waals surface area contributed by atoms with Crippen LogP contribution >= 0.6 is 0 Å². The Bertz CT molecular complexity index is 1010. The molecule has 0 unspecified atom stereocenters. The molecule has 0 bridgehead atoms. The Hall–Kier alpha value is -3.36. The number of urea groups is 1. The van der Waals surface area contributed by atoms with E-state index in [2.05, 4.69) is 10.4 Å². The summed E-state index contributed by atoms with van der Waals surface area (Å²) in [6.45, 7) is 4.37. The van der Waals surface area contributed by atoms with Crippen LogP contribution in [0, 0.1) is 0 Å². The van der Waals surface area contributed by atoms with Crippen LogP contribution in [0.5, 0.6) is 0 Å². The molecule has 1 fully saturated rings. The number of hydrogen-bond acceptors (Lipinski definition) is 5. The molecule has 9 nitrogen and oxygen atoms in total. The summed E-state index contributed by atoms with van der Waals surface area (Å²) in [6, 6.07) is 8.62. The van der Waals surface area contributed by atoms with Gasteiger partial charge in [-0.05, 0) is 25.3 Å². The van der Waals surface area contributed by atoms with Gasteiger partial charge in [0, 0.05) is 44.4 Å². The zero-order chi connectivity index (χ0) is 23.4. The molecule has 2 aromatic rings. The molecule has 0 aliphatic carbocycles. The van der Waals surface area contributed by atoms with Crippen molar-refractivity contribution in [2.45, 2.75) is 45.2 Å². The van der Waals surface area contributed by atoms with E-state index in [9.17, 15) is 14.4 Å². The molecule has 0 spiro atoms. The number of aromatic nitrogens is 2. The summed E-state index contributed by atoms with van der Waals surface area (Å²) in [5.74, 6) is -0.422. The lowest BCUT2D eigenvalue weighted by Crippen LogP contribution is -2.45. The Balaban J connectivity index is 1.50. The maximum absolute atomic E-state index is 13.2. The van der Waals surface area contributed by atoms with E-state index in [0.29, 0.717) is 25.2 Å². The number of esters is 1. The number of benzene rings is 1. The van der Waals surface area contributed by atoms with Crippen molar-refractivity contribution in [3.05, 3.63) is 52.8 Å². The SMILES string of the molecule is CCOC(=O)C[C@H](NC(=O)N1CCc2c(c(C(=O)N3CCCC3)nn2C)C1)c1ccccc1. The van der Waals surface area contributed by atoms with E-state index >= 15 is 0 Å². The summed E-state index contributed by atoms with van der Waals surface area (Å²) < 4.78 is 6.87. The van der Waals surface area contributed by atoms with Crippen LogP contribution in [0.2, 0.25) is 0 Å². The van der Waals surface area contributed by atoms with Crippen LogP contribution in [0.1, 0.15) is 59.5 Å². The summed E-state index contributed by atoms with van der Waals surface area (Å²) in [6.07, 6.45) is 2.69. The summed E-state index contributed by atoms with van der Waals surface area (Å²) in [4.78, 5) is 41.9. The third kappa shape index (κ3) is 5.02. The van der Waals surface area contributed by atoms with Crippen LogP contribution in [-0.2, 0) is 29.5 Å². The molecule has 3 amide bonds. The molecule has 2 aliphatic heterocycles. The number of nitrogens with zero attached hydrogens (tertiary/aromatic N) is 4. The van der Waals surface area contributed by atoms with Crippen molar-refractivity contribution in [3.8, 4) is 0 Å². The molecule has 1 aromatic carbocycles. The standard InChI is InChI=1S/C24H31N5O4/c1-3-33-21(30)15-19(17-9-5-4-6-10-17)25-24(32)29-14-11-20-18(16-29)22(26-27(20)2)23(31)28-12-7-8-13-28/h4-6,9-10,19H,3,7-8,11-16H2,1-2H3,(H,25,32)/t19-/m0/s1. The third-order valence-corrected chi connectivity index (χ3v) is 6.30. The quantitative estimate of drug-likeness (QED) is 0.678. The first-order valence-corrected chi connectivity index (χ1v) is 11.6. The highest BCUT2D eigenvalue weighted by Crippen LogP contribution is 2.25. The fourth-order valence-electron chi connectivity index (χ4n) is 4.57. The van der Waals surface area contributed by atoms with Gasteiger partial charge in [0.1, 0.15) is 0 Å². The van der Waals surface area contributed by atoms with E-state index < -0.39 is 6.04 Å². The van der Waals surface area contributed by atoms with Crippen LogP contribution in [-0.4, -0.2) is 63.7 Å². The third-order valence-electron chi connectivity index (χ3n) is 6.30. The maximum atomic E-state index is 13.2. The molecule has 4 rings (SSSR count). The number of fused-ring (bicyclic) bond motifs is 1. The van der Waals surface area contributed by atoms with Crippen molar-refractivity contribution < 1.29 is 19.1 Å². The number of amides is 3. The number of likely N-dealkylation sites (tertiary alicyclic amines) is 1. The molecule has 0 saturated carbocycles. The number of carbonyl (C=O) groups excluding carboxylic acids is 3. The normalized spacial score (nSPS) is 16.3. The van der Waals surface area contributed by atoms with E-state index in [1.165, 1.54) is 0 Å². The Kier molecular flexibility index (Phi) is 6.96. The molecule has 1 N–H and O–H groups in total. The monoisotopic (exact) mass is 453 g/mol. The highest BCUT2D eigenvalue weighted by molar-refractivity contribution is 5.94. The number of rotatable bonds is 6. The minimum absolute atomic E-state index is 0.0499. The van der Waals surface area contributed by atoms with Crippen LogP contribution in [0.4, 0.5) is 4.79 Å². The lowest BCUT2D eigenvalue weighted by molar-refractivity contribution is -0.143. The Morgan fingerprint density at radius 2 is 1.82 bits per heavy atom. The summed E-state index contributed by atoms with van der Waals surface area (Å²) in [5, 5.41) is 7.50. The Morgan fingerprint density at radius 3 is 2.52 bits per heavy atom. The minimum Gasteiger partial charge on any atom is -0.466 e. The minimum atomic E-state index is -0.501. The summed E-state index contributed by atoms with van der Waals surface area (Å²) in [7, 11) is 1.85. The second-order valence-electron chi connectivity index (χ2n) is 8.49. The van der Waals surface area contributed by atoms with E-state index in [1.54, 1.807) is 16.5 Å². The molecule has 1 saturated heterocycles. The fraction of sp³-hybridized carbons (Fsp3) is 0.500. The maximum Gasteiger partial charge on any atom is 0.318 e. The second-order valence-corrected chi connectivity index (χ2v) is 8.49. The van der Waals surface area contributed by atoms with Gasteiger partial charge in [0.15, 0.2) is 5.69 Å². The lowest BCUT2D eigenvalue weighted by Gasteiger charge is -2.30. The predicted octanol–water partition coefficient (Wildman–Crippen LogP) is 2.42. The van der Waals surface area contributed by atoms with Crippen molar-refractivity contribution in [2.24, 2.45) is 7.05 Å². The van der Waals surface area contributed by atoms with Gasteiger partial charge in [-0.2, -0.15) is 5.10 Å². The van der Waals surface area contributed by atoms with Gasteiger partial charge in [-0.1, -0.05) is 30.3 Å². The van der Waals surface area contributed by atoms with Gasteiger partial charge in [-0.25, -0.2) is 4.79 Å². The van der Waals surface area contributed by atoms with Crippen molar-refractivity contribution in [1.29, 1.82) is 0 Å². The van der Waals surface area contributed by atoms with Crippen LogP contribution in [0.25, 0.3) is 0 Å². The lowest BCUT2D eigenvalue weighted by atomic mass is 10.0.